The van der Waals surface area contributed by atoms with Crippen LogP contribution in [-0.2, 0) is 28.6 Å². The smallest absolute Gasteiger partial charge is 0.306 e. The van der Waals surface area contributed by atoms with E-state index in [2.05, 4.69) is 57.2 Å². The van der Waals surface area contributed by atoms with E-state index >= 15 is 0 Å². The zero-order chi connectivity index (χ0) is 40.1. The highest BCUT2D eigenvalue weighted by Gasteiger charge is 2.19. The standard InChI is InChI=1S/C49H88O6/c1-4-7-10-13-16-19-22-24-25-26-28-30-33-36-39-42-48(51)54-45-46(44-53-47(50)41-38-35-32-29-21-18-15-12-9-6-3)55-49(52)43-40-37-34-31-27-23-20-17-14-11-8-5-2/h15-16,18-19,22,24,46H,4-14,17,20-21,23,25-45H2,1-3H3/b18-15-,19-16-,24-22-. The van der Waals surface area contributed by atoms with E-state index in [1.54, 1.807) is 0 Å². The molecule has 0 saturated carbocycles. The van der Waals surface area contributed by atoms with E-state index in [-0.39, 0.29) is 31.1 Å². The van der Waals surface area contributed by atoms with Gasteiger partial charge in [0.25, 0.3) is 0 Å². The molecule has 0 spiro atoms. The molecule has 6 heteroatoms. The van der Waals surface area contributed by atoms with Crippen molar-refractivity contribution in [1.29, 1.82) is 0 Å². The van der Waals surface area contributed by atoms with Crippen molar-refractivity contribution in [2.45, 2.75) is 245 Å². The van der Waals surface area contributed by atoms with Crippen LogP contribution in [0.25, 0.3) is 0 Å². The summed E-state index contributed by atoms with van der Waals surface area (Å²) in [5.74, 6) is -0.901. The van der Waals surface area contributed by atoms with Gasteiger partial charge in [0.2, 0.25) is 0 Å². The van der Waals surface area contributed by atoms with Gasteiger partial charge in [0, 0.05) is 19.3 Å². The number of rotatable bonds is 42. The molecule has 0 heterocycles. The third-order valence-electron chi connectivity index (χ3n) is 10.1. The molecule has 0 N–H and O–H groups in total. The molecule has 0 aromatic rings. The largest absolute Gasteiger partial charge is 0.462 e. The molecule has 0 aliphatic rings. The van der Waals surface area contributed by atoms with Crippen LogP contribution in [0.1, 0.15) is 239 Å². The Morgan fingerprint density at radius 2 is 0.673 bits per heavy atom. The van der Waals surface area contributed by atoms with Crippen LogP contribution in [0.3, 0.4) is 0 Å². The van der Waals surface area contributed by atoms with Gasteiger partial charge in [-0.2, -0.15) is 0 Å². The van der Waals surface area contributed by atoms with Crippen LogP contribution in [0.15, 0.2) is 36.5 Å². The highest BCUT2D eigenvalue weighted by atomic mass is 16.6. The lowest BCUT2D eigenvalue weighted by atomic mass is 10.0. The minimum atomic E-state index is -0.775. The zero-order valence-electron chi connectivity index (χ0n) is 36.4. The maximum absolute atomic E-state index is 12.7. The Kier molecular flexibility index (Phi) is 42.4. The van der Waals surface area contributed by atoms with Crippen molar-refractivity contribution in [3.05, 3.63) is 36.5 Å². The Hall–Kier alpha value is -2.37. The fourth-order valence-corrected chi connectivity index (χ4v) is 6.53. The van der Waals surface area contributed by atoms with Crippen molar-refractivity contribution in [3.8, 4) is 0 Å². The monoisotopic (exact) mass is 773 g/mol. The summed E-state index contributed by atoms with van der Waals surface area (Å²) >= 11 is 0. The second kappa shape index (κ2) is 44.3. The lowest BCUT2D eigenvalue weighted by Gasteiger charge is -2.18. The summed E-state index contributed by atoms with van der Waals surface area (Å²) in [6.45, 7) is 6.54. The first-order chi connectivity index (χ1) is 27.0. The van der Waals surface area contributed by atoms with Gasteiger partial charge in [-0.1, -0.05) is 192 Å². The molecular weight excluding hydrogens is 685 g/mol. The minimum Gasteiger partial charge on any atom is -0.462 e. The number of ether oxygens (including phenoxy) is 3. The topological polar surface area (TPSA) is 78.9 Å². The molecule has 0 radical (unpaired) electrons. The van der Waals surface area contributed by atoms with E-state index in [4.69, 9.17) is 14.2 Å². The third kappa shape index (κ3) is 42.6. The highest BCUT2D eigenvalue weighted by Crippen LogP contribution is 2.14. The first-order valence-electron chi connectivity index (χ1n) is 23.5. The van der Waals surface area contributed by atoms with Crippen LogP contribution >= 0.6 is 0 Å². The number of carbonyl (C=O) groups excluding carboxylic acids is 3. The summed E-state index contributed by atoms with van der Waals surface area (Å²) in [5.41, 5.74) is 0. The second-order valence-electron chi connectivity index (χ2n) is 15.7. The summed E-state index contributed by atoms with van der Waals surface area (Å²) in [4.78, 5) is 37.7. The van der Waals surface area contributed by atoms with Gasteiger partial charge in [-0.05, 0) is 64.2 Å². The van der Waals surface area contributed by atoms with Gasteiger partial charge in [0.1, 0.15) is 13.2 Å². The number of hydrogen-bond acceptors (Lipinski definition) is 6. The van der Waals surface area contributed by atoms with Crippen molar-refractivity contribution in [2.75, 3.05) is 13.2 Å². The van der Waals surface area contributed by atoms with E-state index in [0.29, 0.717) is 19.3 Å². The molecular formula is C49H88O6. The fraction of sp³-hybridized carbons (Fsp3) is 0.816. The van der Waals surface area contributed by atoms with Gasteiger partial charge in [-0.3, -0.25) is 14.4 Å². The molecule has 6 nitrogen and oxygen atoms in total. The van der Waals surface area contributed by atoms with Gasteiger partial charge in [-0.25, -0.2) is 0 Å². The molecule has 0 saturated heterocycles. The van der Waals surface area contributed by atoms with Crippen LogP contribution in [0.5, 0.6) is 0 Å². The molecule has 0 rings (SSSR count). The quantitative estimate of drug-likeness (QED) is 0.0202. The molecule has 0 bridgehead atoms. The average Bonchev–Trinajstić information content (AvgIpc) is 3.18. The third-order valence-corrected chi connectivity index (χ3v) is 10.1. The van der Waals surface area contributed by atoms with Crippen LogP contribution in [0, 0.1) is 0 Å². The minimum absolute atomic E-state index is 0.0798. The van der Waals surface area contributed by atoms with E-state index < -0.39 is 6.10 Å². The fourth-order valence-electron chi connectivity index (χ4n) is 6.53. The van der Waals surface area contributed by atoms with E-state index in [0.717, 1.165) is 83.5 Å². The summed E-state index contributed by atoms with van der Waals surface area (Å²) in [7, 11) is 0. The average molecular weight is 773 g/mol. The van der Waals surface area contributed by atoms with Gasteiger partial charge < -0.3 is 14.2 Å². The maximum Gasteiger partial charge on any atom is 0.306 e. The number of allylic oxidation sites excluding steroid dienone is 6. The van der Waals surface area contributed by atoms with E-state index in [1.807, 2.05) is 0 Å². The Balaban J connectivity index is 4.37. The van der Waals surface area contributed by atoms with Crippen LogP contribution in [0.4, 0.5) is 0 Å². The summed E-state index contributed by atoms with van der Waals surface area (Å²) in [5, 5.41) is 0. The number of unbranched alkanes of at least 4 members (excludes halogenated alkanes) is 26. The molecule has 0 amide bonds. The Morgan fingerprint density at radius 1 is 0.364 bits per heavy atom. The molecule has 320 valence electrons. The molecule has 1 atom stereocenters. The highest BCUT2D eigenvalue weighted by molar-refractivity contribution is 5.71. The predicted octanol–water partition coefficient (Wildman–Crippen LogP) is 15.0. The molecule has 0 aliphatic heterocycles. The van der Waals surface area contributed by atoms with Gasteiger partial charge in [0.15, 0.2) is 6.10 Å². The summed E-state index contributed by atoms with van der Waals surface area (Å²) < 4.78 is 16.7. The SMILES string of the molecule is CCCC/C=C\CCCCCCC(=O)OCC(COC(=O)CCCCCCCC/C=C\C=C/CCCCC)OC(=O)CCCCCCCCCCCCCC. The van der Waals surface area contributed by atoms with Crippen molar-refractivity contribution >= 4 is 17.9 Å². The maximum atomic E-state index is 12.7. The van der Waals surface area contributed by atoms with Crippen LogP contribution in [-0.4, -0.2) is 37.2 Å². The lowest BCUT2D eigenvalue weighted by molar-refractivity contribution is -0.167. The van der Waals surface area contributed by atoms with Crippen LogP contribution < -0.4 is 0 Å². The molecule has 0 aromatic carbocycles. The first-order valence-corrected chi connectivity index (χ1v) is 23.5. The second-order valence-corrected chi connectivity index (χ2v) is 15.7. The Bertz CT molecular complexity index is 938. The van der Waals surface area contributed by atoms with Crippen molar-refractivity contribution < 1.29 is 28.6 Å². The molecule has 1 unspecified atom stereocenters. The van der Waals surface area contributed by atoms with Crippen molar-refractivity contribution in [2.24, 2.45) is 0 Å². The zero-order valence-corrected chi connectivity index (χ0v) is 36.4. The Labute approximate surface area is 340 Å². The van der Waals surface area contributed by atoms with Gasteiger partial charge >= 0.3 is 17.9 Å². The van der Waals surface area contributed by atoms with Crippen molar-refractivity contribution in [1.82, 2.24) is 0 Å². The molecule has 0 aliphatic carbocycles. The summed E-state index contributed by atoms with van der Waals surface area (Å²) in [6, 6.07) is 0. The normalized spacial score (nSPS) is 12.3. The van der Waals surface area contributed by atoms with Crippen LogP contribution in [0.2, 0.25) is 0 Å². The molecule has 0 aromatic heterocycles. The number of carbonyl (C=O) groups is 3. The van der Waals surface area contributed by atoms with Gasteiger partial charge in [-0.15, -0.1) is 0 Å². The van der Waals surface area contributed by atoms with Gasteiger partial charge in [0.05, 0.1) is 0 Å². The van der Waals surface area contributed by atoms with Crippen molar-refractivity contribution in [3.63, 3.8) is 0 Å². The number of hydrogen-bond donors (Lipinski definition) is 0. The lowest BCUT2D eigenvalue weighted by Crippen LogP contribution is -2.30. The Morgan fingerprint density at radius 3 is 1.11 bits per heavy atom. The summed E-state index contributed by atoms with van der Waals surface area (Å²) in [6.07, 6.45) is 49.8. The molecule has 55 heavy (non-hydrogen) atoms. The van der Waals surface area contributed by atoms with E-state index in [1.165, 1.54) is 116 Å². The first kappa shape index (κ1) is 52.6. The molecule has 0 fully saturated rings. The predicted molar refractivity (Wildman–Crippen MR) is 233 cm³/mol. The number of esters is 3. The van der Waals surface area contributed by atoms with E-state index in [9.17, 15) is 14.4 Å².